The maximum atomic E-state index is 12.3. The SMILES string of the molecule is O=C1OC2(CCCC2)CC(O)=C1CCCC=NOCc1ccc(-c2ccccc2)cc1. The summed E-state index contributed by atoms with van der Waals surface area (Å²) in [6.45, 7) is 0.409. The third-order valence-electron chi connectivity index (χ3n) is 6.11. The molecule has 0 amide bonds. The Morgan fingerprint density at radius 3 is 2.45 bits per heavy atom. The summed E-state index contributed by atoms with van der Waals surface area (Å²) in [6.07, 6.45) is 7.88. The Bertz CT molecular complexity index is 941. The zero-order chi connectivity index (χ0) is 21.5. The molecule has 5 nitrogen and oxygen atoms in total. The number of unbranched alkanes of at least 4 members (excludes halogenated alkanes) is 1. The number of ether oxygens (including phenoxy) is 1. The molecule has 1 heterocycles. The van der Waals surface area contributed by atoms with Gasteiger partial charge in [-0.2, -0.15) is 0 Å². The van der Waals surface area contributed by atoms with Gasteiger partial charge in [-0.25, -0.2) is 4.79 Å². The molecule has 31 heavy (non-hydrogen) atoms. The second-order valence-corrected chi connectivity index (χ2v) is 8.40. The molecule has 1 saturated carbocycles. The van der Waals surface area contributed by atoms with Crippen molar-refractivity contribution in [1.82, 2.24) is 0 Å². The molecule has 1 spiro atoms. The molecule has 4 rings (SSSR count). The van der Waals surface area contributed by atoms with Gasteiger partial charge in [0.05, 0.1) is 5.57 Å². The lowest BCUT2D eigenvalue weighted by Gasteiger charge is -2.33. The van der Waals surface area contributed by atoms with Gasteiger partial charge in [-0.05, 0) is 61.6 Å². The molecule has 0 radical (unpaired) electrons. The summed E-state index contributed by atoms with van der Waals surface area (Å²) in [5, 5.41) is 14.4. The Kier molecular flexibility index (Phi) is 6.70. The van der Waals surface area contributed by atoms with E-state index in [9.17, 15) is 9.90 Å². The summed E-state index contributed by atoms with van der Waals surface area (Å²) < 4.78 is 5.68. The second-order valence-electron chi connectivity index (χ2n) is 8.40. The molecule has 1 aliphatic carbocycles. The van der Waals surface area contributed by atoms with Gasteiger partial charge in [0.1, 0.15) is 18.0 Å². The summed E-state index contributed by atoms with van der Waals surface area (Å²) in [5.74, 6) is -0.136. The minimum atomic E-state index is -0.445. The van der Waals surface area contributed by atoms with Crippen molar-refractivity contribution in [2.75, 3.05) is 0 Å². The van der Waals surface area contributed by atoms with Crippen LogP contribution in [0.4, 0.5) is 0 Å². The first kappa shape index (κ1) is 21.2. The third kappa shape index (κ3) is 5.35. The van der Waals surface area contributed by atoms with E-state index >= 15 is 0 Å². The van der Waals surface area contributed by atoms with Crippen LogP contribution in [0, 0.1) is 0 Å². The Morgan fingerprint density at radius 1 is 1.03 bits per heavy atom. The van der Waals surface area contributed by atoms with E-state index in [1.807, 2.05) is 30.3 Å². The smallest absolute Gasteiger partial charge is 0.337 e. The Balaban J connectivity index is 1.18. The maximum Gasteiger partial charge on any atom is 0.337 e. The van der Waals surface area contributed by atoms with E-state index < -0.39 is 5.60 Å². The molecule has 0 saturated heterocycles. The van der Waals surface area contributed by atoms with Crippen molar-refractivity contribution in [3.05, 3.63) is 71.5 Å². The zero-order valence-electron chi connectivity index (χ0n) is 17.8. The lowest BCUT2D eigenvalue weighted by molar-refractivity contribution is -0.158. The first-order chi connectivity index (χ1) is 15.2. The number of hydrogen-bond donors (Lipinski definition) is 1. The highest BCUT2D eigenvalue weighted by Gasteiger charge is 2.43. The molecular formula is C26H29NO4. The van der Waals surface area contributed by atoms with Gasteiger partial charge >= 0.3 is 5.97 Å². The van der Waals surface area contributed by atoms with Crippen LogP contribution in [-0.2, 0) is 21.0 Å². The summed E-state index contributed by atoms with van der Waals surface area (Å²) in [5.41, 5.74) is 3.39. The van der Waals surface area contributed by atoms with Gasteiger partial charge in [0.15, 0.2) is 0 Å². The normalized spacial score (nSPS) is 18.0. The van der Waals surface area contributed by atoms with Crippen molar-refractivity contribution in [1.29, 1.82) is 0 Å². The number of esters is 1. The number of carbonyl (C=O) groups excluding carboxylic acids is 1. The van der Waals surface area contributed by atoms with Crippen LogP contribution in [0.1, 0.15) is 56.9 Å². The fourth-order valence-corrected chi connectivity index (χ4v) is 4.38. The lowest BCUT2D eigenvalue weighted by Crippen LogP contribution is -2.37. The quantitative estimate of drug-likeness (QED) is 0.243. The largest absolute Gasteiger partial charge is 0.512 e. The predicted molar refractivity (Wildman–Crippen MR) is 121 cm³/mol. The molecule has 1 aliphatic heterocycles. The fourth-order valence-electron chi connectivity index (χ4n) is 4.38. The van der Waals surface area contributed by atoms with E-state index in [2.05, 4.69) is 29.4 Å². The number of nitrogens with zero attached hydrogens (tertiary/aromatic N) is 1. The van der Waals surface area contributed by atoms with Crippen molar-refractivity contribution >= 4 is 12.2 Å². The monoisotopic (exact) mass is 419 g/mol. The van der Waals surface area contributed by atoms with Crippen LogP contribution in [0.25, 0.3) is 11.1 Å². The number of oxime groups is 1. The van der Waals surface area contributed by atoms with E-state index in [4.69, 9.17) is 9.57 Å². The molecule has 0 bridgehead atoms. The molecular weight excluding hydrogens is 390 g/mol. The molecule has 1 N–H and O–H groups in total. The Morgan fingerprint density at radius 2 is 1.74 bits per heavy atom. The summed E-state index contributed by atoms with van der Waals surface area (Å²) in [4.78, 5) is 17.7. The summed E-state index contributed by atoms with van der Waals surface area (Å²) >= 11 is 0. The number of aliphatic hydroxyl groups is 1. The highest BCUT2D eigenvalue weighted by Crippen LogP contribution is 2.42. The number of aliphatic hydroxyl groups excluding tert-OH is 1. The highest BCUT2D eigenvalue weighted by atomic mass is 16.6. The van der Waals surface area contributed by atoms with Crippen LogP contribution >= 0.6 is 0 Å². The van der Waals surface area contributed by atoms with Crippen LogP contribution < -0.4 is 0 Å². The van der Waals surface area contributed by atoms with Gasteiger partial charge in [-0.3, -0.25) is 0 Å². The lowest BCUT2D eigenvalue weighted by atomic mass is 9.90. The van der Waals surface area contributed by atoms with Gasteiger partial charge in [-0.1, -0.05) is 59.8 Å². The van der Waals surface area contributed by atoms with Gasteiger partial charge in [0.25, 0.3) is 0 Å². The average molecular weight is 420 g/mol. The molecule has 0 aromatic heterocycles. The van der Waals surface area contributed by atoms with Crippen molar-refractivity contribution in [3.8, 4) is 11.1 Å². The van der Waals surface area contributed by atoms with Gasteiger partial charge in [0, 0.05) is 12.6 Å². The number of benzene rings is 2. The Hall–Kier alpha value is -3.08. The first-order valence-corrected chi connectivity index (χ1v) is 11.1. The van der Waals surface area contributed by atoms with Gasteiger partial charge in [-0.15, -0.1) is 0 Å². The first-order valence-electron chi connectivity index (χ1n) is 11.1. The maximum absolute atomic E-state index is 12.3. The van der Waals surface area contributed by atoms with Crippen molar-refractivity contribution < 1.29 is 19.5 Å². The molecule has 162 valence electrons. The Labute approximate surface area is 183 Å². The topological polar surface area (TPSA) is 68.1 Å². The van der Waals surface area contributed by atoms with E-state index in [1.54, 1.807) is 6.21 Å². The molecule has 2 aliphatic rings. The fraction of sp³-hybridized carbons (Fsp3) is 0.385. The van der Waals surface area contributed by atoms with E-state index in [-0.39, 0.29) is 11.7 Å². The second kappa shape index (κ2) is 9.82. The zero-order valence-corrected chi connectivity index (χ0v) is 17.8. The van der Waals surface area contributed by atoms with Crippen LogP contribution in [0.3, 0.4) is 0 Å². The molecule has 1 fully saturated rings. The number of rotatable bonds is 8. The van der Waals surface area contributed by atoms with Crippen molar-refractivity contribution in [3.63, 3.8) is 0 Å². The van der Waals surface area contributed by atoms with Crippen molar-refractivity contribution in [2.45, 2.75) is 63.6 Å². The predicted octanol–water partition coefficient (Wildman–Crippen LogP) is 6.10. The number of hydrogen-bond acceptors (Lipinski definition) is 5. The minimum Gasteiger partial charge on any atom is -0.512 e. The van der Waals surface area contributed by atoms with Crippen LogP contribution in [-0.4, -0.2) is 22.9 Å². The standard InChI is InChI=1S/C26H29NO4/c28-24-18-26(15-5-6-16-26)31-25(29)23(24)10-4-7-17-27-30-19-20-11-13-22(14-12-20)21-8-2-1-3-9-21/h1-3,8-9,11-14,17,28H,4-7,10,15-16,18-19H2. The summed E-state index contributed by atoms with van der Waals surface area (Å²) in [7, 11) is 0. The third-order valence-corrected chi connectivity index (χ3v) is 6.11. The minimum absolute atomic E-state index is 0.213. The number of carbonyl (C=O) groups is 1. The summed E-state index contributed by atoms with van der Waals surface area (Å²) in [6, 6.07) is 18.5. The van der Waals surface area contributed by atoms with Crippen LogP contribution in [0.15, 0.2) is 71.1 Å². The van der Waals surface area contributed by atoms with E-state index in [0.717, 1.165) is 31.2 Å². The average Bonchev–Trinajstić information content (AvgIpc) is 3.23. The highest BCUT2D eigenvalue weighted by molar-refractivity contribution is 5.90. The molecule has 0 unspecified atom stereocenters. The van der Waals surface area contributed by atoms with E-state index in [1.165, 1.54) is 11.1 Å². The van der Waals surface area contributed by atoms with E-state index in [0.29, 0.717) is 37.9 Å². The van der Waals surface area contributed by atoms with Crippen molar-refractivity contribution in [2.24, 2.45) is 5.16 Å². The van der Waals surface area contributed by atoms with Crippen LogP contribution in [0.2, 0.25) is 0 Å². The molecule has 0 atom stereocenters. The van der Waals surface area contributed by atoms with Gasteiger partial charge in [0.2, 0.25) is 0 Å². The van der Waals surface area contributed by atoms with Gasteiger partial charge < -0.3 is 14.7 Å². The molecule has 5 heteroatoms. The molecule has 2 aromatic carbocycles. The molecule has 2 aromatic rings. The van der Waals surface area contributed by atoms with Crippen LogP contribution in [0.5, 0.6) is 0 Å².